The van der Waals surface area contributed by atoms with Crippen LogP contribution in [0.25, 0.3) is 0 Å². The average Bonchev–Trinajstić information content (AvgIpc) is 3.23. The highest BCUT2D eigenvalue weighted by atomic mass is 16.5. The molecule has 0 aliphatic carbocycles. The number of amides is 1. The van der Waals surface area contributed by atoms with Crippen molar-refractivity contribution in [1.82, 2.24) is 4.90 Å². The molecule has 3 aliphatic rings. The minimum Gasteiger partial charge on any atom is -0.504 e. The topological polar surface area (TPSA) is 67.9 Å². The molecule has 1 aromatic rings. The fraction of sp³-hybridized carbons (Fsp3) is 0.455. The van der Waals surface area contributed by atoms with Crippen LogP contribution >= 0.6 is 0 Å². The maximum atomic E-state index is 13.2. The predicted octanol–water partition coefficient (Wildman–Crippen LogP) is 2.48. The maximum Gasteiger partial charge on any atom is 0.337 e. The molecule has 148 valence electrons. The number of esters is 1. The molecule has 1 amide bonds. The van der Waals surface area contributed by atoms with Gasteiger partial charge in [-0.25, -0.2) is 4.79 Å². The molecule has 0 unspecified atom stereocenters. The third-order valence-electron chi connectivity index (χ3n) is 6.67. The summed E-state index contributed by atoms with van der Waals surface area (Å²) >= 11 is 0. The van der Waals surface area contributed by atoms with Gasteiger partial charge >= 0.3 is 5.97 Å². The Morgan fingerprint density at radius 3 is 2.86 bits per heavy atom. The van der Waals surface area contributed by atoms with Crippen LogP contribution in [-0.4, -0.2) is 50.1 Å². The monoisotopic (exact) mass is 382 g/mol. The van der Waals surface area contributed by atoms with Crippen molar-refractivity contribution in [2.45, 2.75) is 24.3 Å². The van der Waals surface area contributed by atoms with Gasteiger partial charge in [0.2, 0.25) is 5.91 Å². The molecule has 2 fully saturated rings. The summed E-state index contributed by atoms with van der Waals surface area (Å²) in [5.41, 5.74) is 1.90. The summed E-state index contributed by atoms with van der Waals surface area (Å²) < 4.78 is 10.2. The van der Waals surface area contributed by atoms with Gasteiger partial charge in [-0.2, -0.15) is 0 Å². The number of benzene rings is 1. The minimum atomic E-state index is -0.574. The molecule has 1 aromatic carbocycles. The number of hydrogen-bond acceptors (Lipinski definition) is 5. The van der Waals surface area contributed by atoms with E-state index in [1.807, 2.05) is 24.3 Å². The number of nitrogens with zero attached hydrogens (tertiary/aromatic N) is 1. The number of anilines is 1. The van der Waals surface area contributed by atoms with Crippen LogP contribution in [-0.2, 0) is 24.5 Å². The van der Waals surface area contributed by atoms with Crippen LogP contribution in [0.2, 0.25) is 0 Å². The summed E-state index contributed by atoms with van der Waals surface area (Å²) in [4.78, 5) is 28.0. The molecule has 0 bridgehead atoms. The Balaban J connectivity index is 1.75. The highest BCUT2D eigenvalue weighted by molar-refractivity contribution is 6.07. The van der Waals surface area contributed by atoms with E-state index in [2.05, 4.69) is 22.9 Å². The zero-order valence-corrected chi connectivity index (χ0v) is 16.3. The fourth-order valence-corrected chi connectivity index (χ4v) is 5.38. The average molecular weight is 382 g/mol. The smallest absolute Gasteiger partial charge is 0.337 e. The number of para-hydroxylation sites is 1. The summed E-state index contributed by atoms with van der Waals surface area (Å²) in [5, 5.41) is 3.07. The molecule has 0 radical (unpaired) electrons. The van der Waals surface area contributed by atoms with Crippen molar-refractivity contribution in [3.63, 3.8) is 0 Å². The Morgan fingerprint density at radius 2 is 2.14 bits per heavy atom. The molecule has 0 saturated carbocycles. The van der Waals surface area contributed by atoms with Crippen molar-refractivity contribution in [3.8, 4) is 0 Å². The van der Waals surface area contributed by atoms with E-state index >= 15 is 0 Å². The first-order valence-electron chi connectivity index (χ1n) is 9.65. The van der Waals surface area contributed by atoms with Gasteiger partial charge in [0.15, 0.2) is 0 Å². The molecular weight excluding hydrogens is 356 g/mol. The molecule has 1 spiro atoms. The number of rotatable bonds is 4. The van der Waals surface area contributed by atoms with Gasteiger partial charge in [-0.15, -0.1) is 6.58 Å². The summed E-state index contributed by atoms with van der Waals surface area (Å²) in [6, 6.07) is 7.96. The van der Waals surface area contributed by atoms with E-state index in [9.17, 15) is 9.59 Å². The van der Waals surface area contributed by atoms with Crippen molar-refractivity contribution in [1.29, 1.82) is 0 Å². The summed E-state index contributed by atoms with van der Waals surface area (Å²) in [5.74, 6) is -0.351. The first-order valence-corrected chi connectivity index (χ1v) is 9.65. The van der Waals surface area contributed by atoms with Gasteiger partial charge in [-0.3, -0.25) is 9.69 Å². The van der Waals surface area contributed by atoms with Gasteiger partial charge in [0.1, 0.15) is 0 Å². The van der Waals surface area contributed by atoms with Crippen LogP contribution in [0.4, 0.5) is 5.69 Å². The zero-order valence-electron chi connectivity index (χ0n) is 16.3. The van der Waals surface area contributed by atoms with E-state index in [0.717, 1.165) is 30.8 Å². The Morgan fingerprint density at radius 1 is 1.36 bits per heavy atom. The standard InChI is InChI=1S/C22H26N2O4/c1-4-14-12-24-10-9-22(17-7-5-6-8-18(17)23-21(22)26)19(24)11-15(14)16(13-27-2)20(25)28-3/h4-8,13-15,19H,1,9-12H2,2-3H3,(H,23,26)/b16-13-/t14-,15-,19-,22+/m1/s1. The lowest BCUT2D eigenvalue weighted by molar-refractivity contribution is -0.137. The Labute approximate surface area is 165 Å². The SMILES string of the molecule is C=C[C@@H]1CN2CC[C@@]3(C(=O)Nc4ccccc43)[C@H]2C[C@H]1/C(=C/OC)C(=O)OC. The number of ether oxygens (including phenoxy) is 2. The lowest BCUT2D eigenvalue weighted by atomic mass is 9.68. The Bertz CT molecular complexity index is 849. The highest BCUT2D eigenvalue weighted by Crippen LogP contribution is 2.52. The van der Waals surface area contributed by atoms with E-state index in [4.69, 9.17) is 9.47 Å². The van der Waals surface area contributed by atoms with Crippen molar-refractivity contribution in [3.05, 3.63) is 54.3 Å². The van der Waals surface area contributed by atoms with E-state index in [0.29, 0.717) is 12.0 Å². The second-order valence-electron chi connectivity index (χ2n) is 7.77. The van der Waals surface area contributed by atoms with Crippen molar-refractivity contribution < 1.29 is 19.1 Å². The van der Waals surface area contributed by atoms with Gasteiger partial charge in [0.05, 0.1) is 31.5 Å². The van der Waals surface area contributed by atoms with Gasteiger partial charge in [-0.1, -0.05) is 24.3 Å². The van der Waals surface area contributed by atoms with Crippen LogP contribution in [0.5, 0.6) is 0 Å². The van der Waals surface area contributed by atoms with Crippen molar-refractivity contribution in [2.75, 3.05) is 32.6 Å². The van der Waals surface area contributed by atoms with Gasteiger partial charge < -0.3 is 14.8 Å². The number of carbonyl (C=O) groups excluding carboxylic acids is 2. The summed E-state index contributed by atoms with van der Waals surface area (Å²) in [6.45, 7) is 5.60. The quantitative estimate of drug-likeness (QED) is 0.375. The van der Waals surface area contributed by atoms with Gasteiger partial charge in [-0.05, 0) is 36.9 Å². The van der Waals surface area contributed by atoms with Crippen LogP contribution in [0.3, 0.4) is 0 Å². The van der Waals surface area contributed by atoms with Gasteiger partial charge in [0.25, 0.3) is 0 Å². The molecule has 1 N–H and O–H groups in total. The van der Waals surface area contributed by atoms with Crippen LogP contribution in [0.15, 0.2) is 48.8 Å². The number of carbonyl (C=O) groups is 2. The molecule has 28 heavy (non-hydrogen) atoms. The minimum absolute atomic E-state index is 0.0160. The second-order valence-corrected chi connectivity index (χ2v) is 7.77. The molecule has 6 heteroatoms. The molecule has 4 atom stereocenters. The van der Waals surface area contributed by atoms with E-state index in [1.54, 1.807) is 0 Å². The molecular formula is C22H26N2O4. The van der Waals surface area contributed by atoms with E-state index in [1.165, 1.54) is 20.5 Å². The van der Waals surface area contributed by atoms with Crippen LogP contribution in [0, 0.1) is 11.8 Å². The molecule has 6 nitrogen and oxygen atoms in total. The number of methoxy groups -OCH3 is 2. The van der Waals surface area contributed by atoms with Crippen molar-refractivity contribution in [2.24, 2.45) is 11.8 Å². The normalized spacial score (nSPS) is 31.9. The van der Waals surface area contributed by atoms with Gasteiger partial charge in [0, 0.05) is 24.2 Å². The zero-order chi connectivity index (χ0) is 19.9. The van der Waals surface area contributed by atoms with Crippen LogP contribution < -0.4 is 5.32 Å². The Kier molecular flexibility index (Phi) is 4.75. The van der Waals surface area contributed by atoms with E-state index < -0.39 is 11.4 Å². The largest absolute Gasteiger partial charge is 0.504 e. The molecule has 2 saturated heterocycles. The third kappa shape index (κ3) is 2.58. The Hall–Kier alpha value is -2.60. The molecule has 0 aromatic heterocycles. The lowest BCUT2D eigenvalue weighted by Crippen LogP contribution is -2.53. The first-order chi connectivity index (χ1) is 13.6. The molecule has 3 heterocycles. The number of piperidine rings is 1. The summed E-state index contributed by atoms with van der Waals surface area (Å²) in [6.07, 6.45) is 4.83. The summed E-state index contributed by atoms with van der Waals surface area (Å²) in [7, 11) is 2.90. The number of hydrogen-bond donors (Lipinski definition) is 1. The van der Waals surface area contributed by atoms with Crippen molar-refractivity contribution >= 4 is 17.6 Å². The second kappa shape index (κ2) is 7.09. The highest BCUT2D eigenvalue weighted by Gasteiger charge is 2.60. The first kappa shape index (κ1) is 18.7. The van der Waals surface area contributed by atoms with Crippen LogP contribution in [0.1, 0.15) is 18.4 Å². The molecule has 4 rings (SSSR count). The lowest BCUT2D eigenvalue weighted by Gasteiger charge is -2.44. The fourth-order valence-electron chi connectivity index (χ4n) is 5.38. The number of fused-ring (bicyclic) bond motifs is 4. The third-order valence-corrected chi connectivity index (χ3v) is 6.67. The predicted molar refractivity (Wildman–Crippen MR) is 106 cm³/mol. The van der Waals surface area contributed by atoms with E-state index in [-0.39, 0.29) is 23.8 Å². The molecule has 3 aliphatic heterocycles. The maximum absolute atomic E-state index is 13.2. The number of nitrogens with one attached hydrogen (secondary N) is 1.